The van der Waals surface area contributed by atoms with Crippen molar-refractivity contribution in [2.75, 3.05) is 38.3 Å². The van der Waals surface area contributed by atoms with Gasteiger partial charge in [0.2, 0.25) is 0 Å². The maximum Gasteiger partial charge on any atom is 0.252 e. The fourth-order valence-corrected chi connectivity index (χ4v) is 3.67. The second-order valence-corrected chi connectivity index (χ2v) is 6.46. The third kappa shape index (κ3) is 3.50. The van der Waals surface area contributed by atoms with Crippen molar-refractivity contribution in [1.29, 1.82) is 0 Å². The van der Waals surface area contributed by atoms with Crippen LogP contribution in [-0.2, 0) is 22.4 Å². The molecule has 4 heteroatoms. The van der Waals surface area contributed by atoms with E-state index in [1.807, 2.05) is 4.90 Å². The molecule has 3 rings (SSSR count). The van der Waals surface area contributed by atoms with E-state index in [2.05, 4.69) is 23.5 Å². The monoisotopic (exact) mass is 302 g/mol. The Labute approximate surface area is 132 Å². The minimum Gasteiger partial charge on any atom is -0.375 e. The third-order valence-corrected chi connectivity index (χ3v) is 4.75. The topological polar surface area (TPSA) is 41.6 Å². The van der Waals surface area contributed by atoms with Gasteiger partial charge in [0.05, 0.1) is 0 Å². The summed E-state index contributed by atoms with van der Waals surface area (Å²) in [7, 11) is 1.57. The van der Waals surface area contributed by atoms with E-state index >= 15 is 0 Å². The van der Waals surface area contributed by atoms with Gasteiger partial charge in [0, 0.05) is 19.3 Å². The van der Waals surface area contributed by atoms with Crippen molar-refractivity contribution in [1.82, 2.24) is 5.32 Å². The van der Waals surface area contributed by atoms with Crippen molar-refractivity contribution in [3.63, 3.8) is 0 Å². The summed E-state index contributed by atoms with van der Waals surface area (Å²) in [6.07, 6.45) is 5.86. The number of anilines is 1. The molecule has 0 aromatic heterocycles. The summed E-state index contributed by atoms with van der Waals surface area (Å²) in [6, 6.07) is 6.65. The first-order valence-corrected chi connectivity index (χ1v) is 8.40. The Morgan fingerprint density at radius 3 is 3.09 bits per heavy atom. The largest absolute Gasteiger partial charge is 0.375 e. The highest BCUT2D eigenvalue weighted by molar-refractivity contribution is 5.95. The van der Waals surface area contributed by atoms with Gasteiger partial charge in [-0.25, -0.2) is 0 Å². The summed E-state index contributed by atoms with van der Waals surface area (Å²) in [5.74, 6) is 0.814. The minimum atomic E-state index is 0.0627. The lowest BCUT2D eigenvalue weighted by atomic mass is 9.90. The molecule has 120 valence electrons. The Bertz CT molecular complexity index is 524. The molecule has 1 aromatic rings. The van der Waals surface area contributed by atoms with E-state index in [1.54, 1.807) is 7.11 Å². The number of carbonyl (C=O) groups is 1. The molecule has 2 aliphatic heterocycles. The summed E-state index contributed by atoms with van der Waals surface area (Å²) >= 11 is 0. The van der Waals surface area contributed by atoms with Gasteiger partial charge in [-0.15, -0.1) is 0 Å². The number of fused-ring (bicyclic) bond motifs is 1. The van der Waals surface area contributed by atoms with Crippen molar-refractivity contribution < 1.29 is 9.53 Å². The second kappa shape index (κ2) is 7.25. The van der Waals surface area contributed by atoms with E-state index in [4.69, 9.17) is 4.74 Å². The number of hydrogen-bond donors (Lipinski definition) is 1. The molecule has 4 nitrogen and oxygen atoms in total. The Kier molecular flexibility index (Phi) is 5.11. The van der Waals surface area contributed by atoms with Gasteiger partial charge in [-0.1, -0.05) is 12.1 Å². The smallest absolute Gasteiger partial charge is 0.252 e. The SMILES string of the molecule is COCC(=O)N1CCCc2cc(CC3CCCNC3)ccc21. The maximum absolute atomic E-state index is 12.2. The van der Waals surface area contributed by atoms with Crippen molar-refractivity contribution in [3.8, 4) is 0 Å². The van der Waals surface area contributed by atoms with Crippen LogP contribution in [0.15, 0.2) is 18.2 Å². The lowest BCUT2D eigenvalue weighted by molar-refractivity contribution is -0.122. The molecule has 2 aliphatic rings. The summed E-state index contributed by atoms with van der Waals surface area (Å²) < 4.78 is 5.00. The van der Waals surface area contributed by atoms with E-state index in [-0.39, 0.29) is 12.5 Å². The molecule has 1 fully saturated rings. The van der Waals surface area contributed by atoms with E-state index < -0.39 is 0 Å². The van der Waals surface area contributed by atoms with Gasteiger partial charge in [-0.3, -0.25) is 4.79 Å². The van der Waals surface area contributed by atoms with E-state index in [0.29, 0.717) is 0 Å². The summed E-state index contributed by atoms with van der Waals surface area (Å²) in [5.41, 5.74) is 3.81. The van der Waals surface area contributed by atoms with Crippen LogP contribution in [0, 0.1) is 5.92 Å². The lowest BCUT2D eigenvalue weighted by Gasteiger charge is -2.30. The second-order valence-electron chi connectivity index (χ2n) is 6.46. The molecule has 2 heterocycles. The number of piperidine rings is 1. The van der Waals surface area contributed by atoms with Crippen molar-refractivity contribution in [3.05, 3.63) is 29.3 Å². The molecular weight excluding hydrogens is 276 g/mol. The summed E-state index contributed by atoms with van der Waals surface area (Å²) in [6.45, 7) is 3.27. The molecule has 0 bridgehead atoms. The number of methoxy groups -OCH3 is 1. The first kappa shape index (κ1) is 15.5. The van der Waals surface area contributed by atoms with Crippen LogP contribution in [-0.4, -0.2) is 39.3 Å². The van der Waals surface area contributed by atoms with Crippen LogP contribution in [0.25, 0.3) is 0 Å². The predicted octanol–water partition coefficient (Wildman–Crippen LogP) is 2.15. The van der Waals surface area contributed by atoms with E-state index in [9.17, 15) is 4.79 Å². The van der Waals surface area contributed by atoms with Crippen molar-refractivity contribution >= 4 is 11.6 Å². The quantitative estimate of drug-likeness (QED) is 0.926. The molecule has 0 radical (unpaired) electrons. The number of rotatable bonds is 4. The highest BCUT2D eigenvalue weighted by Gasteiger charge is 2.23. The van der Waals surface area contributed by atoms with Gasteiger partial charge in [0.1, 0.15) is 6.61 Å². The number of nitrogens with zero attached hydrogens (tertiary/aromatic N) is 1. The van der Waals surface area contributed by atoms with Crippen LogP contribution in [0.3, 0.4) is 0 Å². The third-order valence-electron chi connectivity index (χ3n) is 4.75. The highest BCUT2D eigenvalue weighted by Crippen LogP contribution is 2.29. The first-order valence-electron chi connectivity index (χ1n) is 8.40. The number of carbonyl (C=O) groups excluding carboxylic acids is 1. The van der Waals surface area contributed by atoms with Gasteiger partial charge in [0.25, 0.3) is 5.91 Å². The number of aryl methyl sites for hydroxylation is 1. The zero-order valence-corrected chi connectivity index (χ0v) is 13.4. The van der Waals surface area contributed by atoms with Gasteiger partial charge in [-0.2, -0.15) is 0 Å². The molecule has 0 aliphatic carbocycles. The van der Waals surface area contributed by atoms with Gasteiger partial charge in [0.15, 0.2) is 0 Å². The fourth-order valence-electron chi connectivity index (χ4n) is 3.67. The molecule has 1 aromatic carbocycles. The van der Waals surface area contributed by atoms with Crippen LogP contribution < -0.4 is 10.2 Å². The molecule has 1 N–H and O–H groups in total. The number of hydrogen-bond acceptors (Lipinski definition) is 3. The van der Waals surface area contributed by atoms with Crippen molar-refractivity contribution in [2.24, 2.45) is 5.92 Å². The van der Waals surface area contributed by atoms with E-state index in [0.717, 1.165) is 50.5 Å². The molecule has 22 heavy (non-hydrogen) atoms. The minimum absolute atomic E-state index is 0.0627. The van der Waals surface area contributed by atoms with Gasteiger partial charge in [-0.05, 0) is 68.3 Å². The van der Waals surface area contributed by atoms with Crippen LogP contribution in [0.2, 0.25) is 0 Å². The summed E-state index contributed by atoms with van der Waals surface area (Å²) in [5, 5.41) is 3.49. The average Bonchev–Trinajstić information content (AvgIpc) is 2.55. The standard InChI is InChI=1S/C18H26N2O2/c1-22-13-18(21)20-9-3-5-16-11-14(6-7-17(16)20)10-15-4-2-8-19-12-15/h6-7,11,15,19H,2-5,8-10,12-13H2,1H3. The maximum atomic E-state index is 12.2. The first-order chi connectivity index (χ1) is 10.8. The number of ether oxygens (including phenoxy) is 1. The van der Waals surface area contributed by atoms with Crippen LogP contribution in [0.5, 0.6) is 0 Å². The molecule has 1 unspecified atom stereocenters. The molecule has 0 saturated carbocycles. The van der Waals surface area contributed by atoms with Crippen molar-refractivity contribution in [2.45, 2.75) is 32.1 Å². The van der Waals surface area contributed by atoms with E-state index in [1.165, 1.54) is 24.0 Å². The molecule has 0 spiro atoms. The molecule has 1 saturated heterocycles. The number of amides is 1. The van der Waals surface area contributed by atoms with Crippen LogP contribution in [0.4, 0.5) is 5.69 Å². The number of nitrogens with one attached hydrogen (secondary N) is 1. The Hall–Kier alpha value is -1.39. The summed E-state index contributed by atoms with van der Waals surface area (Å²) in [4.78, 5) is 14.0. The lowest BCUT2D eigenvalue weighted by Crippen LogP contribution is -2.37. The highest BCUT2D eigenvalue weighted by atomic mass is 16.5. The zero-order chi connectivity index (χ0) is 15.4. The van der Waals surface area contributed by atoms with Gasteiger partial charge < -0.3 is 15.0 Å². The van der Waals surface area contributed by atoms with Gasteiger partial charge >= 0.3 is 0 Å². The Morgan fingerprint density at radius 2 is 2.32 bits per heavy atom. The van der Waals surface area contributed by atoms with Crippen LogP contribution >= 0.6 is 0 Å². The Morgan fingerprint density at radius 1 is 1.41 bits per heavy atom. The molecule has 1 amide bonds. The van der Waals surface area contributed by atoms with Crippen LogP contribution in [0.1, 0.15) is 30.4 Å². The Balaban J connectivity index is 1.73. The predicted molar refractivity (Wildman–Crippen MR) is 88.3 cm³/mol. The average molecular weight is 302 g/mol. The number of benzene rings is 1. The fraction of sp³-hybridized carbons (Fsp3) is 0.611. The normalized spacial score (nSPS) is 21.5. The zero-order valence-electron chi connectivity index (χ0n) is 13.4. The molecular formula is C18H26N2O2. The molecule has 1 atom stereocenters.